The molecule has 0 saturated heterocycles. The Morgan fingerprint density at radius 2 is 0.780 bits per heavy atom. The molecule has 0 amide bonds. The highest BCUT2D eigenvalue weighted by Gasteiger charge is 2.39. The largest absolute Gasteiger partial charge is 0.333 e. The monoisotopic (exact) mass is 1500 g/mol. The van der Waals surface area contributed by atoms with Crippen LogP contribution in [0.25, 0.3) is 199 Å². The van der Waals surface area contributed by atoms with Crippen molar-refractivity contribution in [1.29, 1.82) is 0 Å². The summed E-state index contributed by atoms with van der Waals surface area (Å²) in [6.45, 7) is 4.75. The molecule has 0 saturated carbocycles. The van der Waals surface area contributed by atoms with E-state index in [0.717, 1.165) is 122 Å². The first kappa shape index (κ1) is 66.3. The number of benzene rings is 17. The van der Waals surface area contributed by atoms with Gasteiger partial charge >= 0.3 is 0 Å². The number of aromatic nitrogens is 5. The van der Waals surface area contributed by atoms with E-state index in [-0.39, 0.29) is 17.4 Å². The normalized spacial score (nSPS) is 14.7. The van der Waals surface area contributed by atoms with Gasteiger partial charge in [-0.05, 0) is 204 Å². The molecule has 6 heteroatoms. The molecule has 6 heterocycles. The Hall–Kier alpha value is -15.1. The zero-order chi connectivity index (χ0) is 77.6. The zero-order valence-corrected chi connectivity index (χ0v) is 64.9. The van der Waals surface area contributed by atoms with Gasteiger partial charge in [0.05, 0.1) is 55.9 Å². The quantitative estimate of drug-likeness (QED) is 0.137. The summed E-state index contributed by atoms with van der Waals surface area (Å²) >= 11 is 0. The van der Waals surface area contributed by atoms with Crippen molar-refractivity contribution >= 4 is 120 Å². The minimum absolute atomic E-state index is 0.156. The molecule has 0 spiro atoms. The van der Waals surface area contributed by atoms with Gasteiger partial charge in [0.25, 0.3) is 0 Å². The van der Waals surface area contributed by atoms with Crippen LogP contribution < -0.4 is 4.90 Å². The molecule has 2 aliphatic carbocycles. The molecule has 0 radical (unpaired) electrons. The number of nitrogens with zero attached hydrogens (tertiary/aromatic N) is 6. The molecular weight excluding hydrogens is 1430 g/mol. The van der Waals surface area contributed by atoms with Crippen LogP contribution in [0.5, 0.6) is 0 Å². The predicted molar refractivity (Wildman–Crippen MR) is 495 cm³/mol. The molecule has 6 nitrogen and oxygen atoms in total. The van der Waals surface area contributed by atoms with Crippen molar-refractivity contribution < 1.29 is 0 Å². The average Bonchev–Trinajstić information content (AvgIpc) is 1.55. The van der Waals surface area contributed by atoms with Crippen LogP contribution in [0.1, 0.15) is 36.5 Å². The highest BCUT2D eigenvalue weighted by Crippen LogP contribution is 2.55. The van der Waals surface area contributed by atoms with Crippen LogP contribution in [0.3, 0.4) is 0 Å². The van der Waals surface area contributed by atoms with Crippen molar-refractivity contribution in [2.45, 2.75) is 31.2 Å². The van der Waals surface area contributed by atoms with Gasteiger partial charge in [-0.15, -0.1) is 0 Å². The number of hydrogen-bond donors (Lipinski definition) is 0. The van der Waals surface area contributed by atoms with E-state index in [1.165, 1.54) is 104 Å². The van der Waals surface area contributed by atoms with Crippen molar-refractivity contribution in [3.63, 3.8) is 0 Å². The third-order valence-electron chi connectivity index (χ3n) is 26.2. The maximum atomic E-state index is 5.86. The second-order valence-electron chi connectivity index (χ2n) is 32.8. The van der Waals surface area contributed by atoms with Gasteiger partial charge in [0.2, 0.25) is 0 Å². The van der Waals surface area contributed by atoms with E-state index in [1.807, 2.05) is 0 Å². The molecule has 1 aliphatic heterocycles. The molecule has 2 unspecified atom stereocenters. The Morgan fingerprint density at radius 3 is 1.50 bits per heavy atom. The van der Waals surface area contributed by atoms with Crippen LogP contribution in [-0.2, 0) is 5.41 Å². The molecule has 17 aromatic carbocycles. The van der Waals surface area contributed by atoms with E-state index in [1.54, 1.807) is 0 Å². The Labute approximate surface area is 681 Å². The third-order valence-corrected chi connectivity index (χ3v) is 26.2. The van der Waals surface area contributed by atoms with Crippen LogP contribution in [0.15, 0.2) is 400 Å². The average molecular weight is 1500 g/mol. The smallest absolute Gasteiger partial charge is 0.138 e. The van der Waals surface area contributed by atoms with Crippen LogP contribution in [0.2, 0.25) is 0 Å². The van der Waals surface area contributed by atoms with Gasteiger partial charge in [0.1, 0.15) is 5.82 Å². The summed E-state index contributed by atoms with van der Waals surface area (Å²) in [6, 6.07) is 141. The fraction of sp³-hybridized carbons (Fsp3) is 0.0446. The third kappa shape index (κ3) is 9.66. The van der Waals surface area contributed by atoms with Gasteiger partial charge in [-0.2, -0.15) is 0 Å². The Kier molecular flexibility index (Phi) is 14.3. The summed E-state index contributed by atoms with van der Waals surface area (Å²) in [5.41, 5.74) is 32.6. The molecule has 0 bridgehead atoms. The Morgan fingerprint density at radius 1 is 0.280 bits per heavy atom. The second-order valence-corrected chi connectivity index (χ2v) is 32.8. The van der Waals surface area contributed by atoms with E-state index in [2.05, 4.69) is 437 Å². The molecule has 0 N–H and O–H groups in total. The number of para-hydroxylation sites is 4. The minimum atomic E-state index is -0.156. The summed E-state index contributed by atoms with van der Waals surface area (Å²) in [4.78, 5) is 8.41. The van der Waals surface area contributed by atoms with Gasteiger partial charge in [0.15, 0.2) is 0 Å². The molecule has 22 aromatic rings. The number of anilines is 2. The maximum absolute atomic E-state index is 5.86. The lowest BCUT2D eigenvalue weighted by atomic mass is 9.82. The van der Waals surface area contributed by atoms with Crippen molar-refractivity contribution in [3.05, 3.63) is 417 Å². The number of pyridine rings is 1. The summed E-state index contributed by atoms with van der Waals surface area (Å²) in [7, 11) is 0. The van der Waals surface area contributed by atoms with Crippen molar-refractivity contribution in [1.82, 2.24) is 23.3 Å². The number of rotatable bonds is 10. The first-order valence-corrected chi connectivity index (χ1v) is 41.2. The summed E-state index contributed by atoms with van der Waals surface area (Å²) in [5.74, 6) is 1.08. The Balaban J connectivity index is 0.697. The zero-order valence-electron chi connectivity index (χ0n) is 64.9. The Bertz CT molecular complexity index is 8030. The lowest BCUT2D eigenvalue weighted by molar-refractivity contribution is 0.660. The standard InChI is InChI=1S/C112H74N6/c1-112(2)94-45-21-16-38-82(94)83-60-58-79(68-95(83)112)116-98-47-23-18-40-85(98)91-64-73(53-61-101(91)116)106-81-37-15-13-33-72(81)63-93-109-89(44-27-51-103(109)118(111(93)106)105-67-75(69-28-6-3-7-29-69)65-96(113-105)70-30-8-4-9-31-70)88-43-26-50-102-108(88)90-42-20-25-49-100(90)114(102)77-54-56-78(57-55-77)117-99-48-24-19-41-86(99)92-62-71-32-12-14-36-80(71)107(110(92)117)74-52-59-87-84-39-17-22-46-97(84)115(104(87)66-74)76-34-10-5-11-35-76/h3-68,84,97H,1-2H3. The first-order chi connectivity index (χ1) is 58.3. The van der Waals surface area contributed by atoms with Gasteiger partial charge in [-0.25, -0.2) is 4.98 Å². The van der Waals surface area contributed by atoms with E-state index in [9.17, 15) is 0 Å². The minimum Gasteiger partial charge on any atom is -0.333 e. The fourth-order valence-electron chi connectivity index (χ4n) is 21.1. The summed E-state index contributed by atoms with van der Waals surface area (Å²) in [6.07, 6.45) is 9.17. The van der Waals surface area contributed by atoms with Gasteiger partial charge in [-0.3, -0.25) is 4.57 Å². The molecule has 25 rings (SSSR count). The van der Waals surface area contributed by atoms with Crippen LogP contribution in [-0.4, -0.2) is 29.3 Å². The lowest BCUT2D eigenvalue weighted by Crippen LogP contribution is -2.28. The molecule has 552 valence electrons. The summed E-state index contributed by atoms with van der Waals surface area (Å²) < 4.78 is 10.0. The molecule has 3 aliphatic rings. The van der Waals surface area contributed by atoms with E-state index >= 15 is 0 Å². The number of allylic oxidation sites excluding steroid dienone is 2. The van der Waals surface area contributed by atoms with Crippen LogP contribution in [0, 0.1) is 0 Å². The van der Waals surface area contributed by atoms with Gasteiger partial charge < -0.3 is 18.6 Å². The lowest BCUT2D eigenvalue weighted by Gasteiger charge is -2.28. The predicted octanol–water partition coefficient (Wildman–Crippen LogP) is 29.1. The van der Waals surface area contributed by atoms with E-state index in [4.69, 9.17) is 4.98 Å². The maximum Gasteiger partial charge on any atom is 0.138 e. The molecule has 0 fully saturated rings. The van der Waals surface area contributed by atoms with E-state index in [0.29, 0.717) is 0 Å². The van der Waals surface area contributed by atoms with Crippen molar-refractivity contribution in [2.75, 3.05) is 4.90 Å². The van der Waals surface area contributed by atoms with Gasteiger partial charge in [-0.1, -0.05) is 293 Å². The highest BCUT2D eigenvalue weighted by atomic mass is 15.2. The van der Waals surface area contributed by atoms with Crippen LogP contribution >= 0.6 is 0 Å². The molecule has 5 aromatic heterocycles. The second kappa shape index (κ2) is 25.4. The highest BCUT2D eigenvalue weighted by molar-refractivity contribution is 6.28. The molecule has 2 atom stereocenters. The van der Waals surface area contributed by atoms with Crippen molar-refractivity contribution in [3.8, 4) is 89.8 Å². The van der Waals surface area contributed by atoms with Crippen molar-refractivity contribution in [2.24, 2.45) is 0 Å². The van der Waals surface area contributed by atoms with Gasteiger partial charge in [0, 0.05) is 99.5 Å². The first-order valence-electron chi connectivity index (χ1n) is 41.2. The molecule has 118 heavy (non-hydrogen) atoms. The number of fused-ring (bicyclic) bond motifs is 20. The SMILES string of the molecule is CC1(C)c2ccccc2-c2ccc(-n3c4ccccc4c4cc(-c5c6ccccc6cc6c7c(-c8cccc9c8c8ccccc8n9-c8ccc(-n9c%10ccccc%10c%10cc%11ccccc%11c(-c%11ccc%12c(c%11)N(c%11ccccc%11)C%11C=CC=CC%12%11)c%109)cc8)cccc7n(-c7cc(-c8ccccc8)cc(-c8ccccc8)n7)c56)ccc43)cc21. The number of hydrogen-bond acceptors (Lipinski definition) is 2. The topological polar surface area (TPSA) is 35.9 Å². The summed E-state index contributed by atoms with van der Waals surface area (Å²) in [5, 5.41) is 14.3. The van der Waals surface area contributed by atoms with E-state index < -0.39 is 0 Å². The van der Waals surface area contributed by atoms with Crippen LogP contribution in [0.4, 0.5) is 11.4 Å². The molecular formula is C112H74N6. The fourth-order valence-corrected chi connectivity index (χ4v) is 21.1.